The molecule has 0 radical (unpaired) electrons. The van der Waals surface area contributed by atoms with E-state index in [9.17, 15) is 4.79 Å². The number of nitrogens with one attached hydrogen (secondary N) is 1. The van der Waals surface area contributed by atoms with E-state index < -0.39 is 5.97 Å². The highest BCUT2D eigenvalue weighted by atomic mass is 35.5. The van der Waals surface area contributed by atoms with Crippen molar-refractivity contribution < 1.29 is 9.90 Å². The number of nitrogens with zero attached hydrogens (tertiary/aromatic N) is 2. The Morgan fingerprint density at radius 2 is 1.94 bits per heavy atom. The third-order valence-electron chi connectivity index (χ3n) is 2.10. The van der Waals surface area contributed by atoms with Gasteiger partial charge in [-0.15, -0.1) is 10.2 Å². The molecule has 92 valence electrons. The highest BCUT2D eigenvalue weighted by Gasteiger charge is 2.07. The normalized spacial score (nSPS) is 10.1. The summed E-state index contributed by atoms with van der Waals surface area (Å²) < 4.78 is 0. The summed E-state index contributed by atoms with van der Waals surface area (Å²) in [6.07, 6.45) is 0. The van der Waals surface area contributed by atoms with Gasteiger partial charge in [0, 0.05) is 0 Å². The molecule has 0 fully saturated rings. The molecule has 0 bridgehead atoms. The van der Waals surface area contributed by atoms with Gasteiger partial charge in [-0.2, -0.15) is 0 Å². The average Bonchev–Trinajstić information content (AvgIpc) is 2.36. The summed E-state index contributed by atoms with van der Waals surface area (Å²) in [5.41, 5.74) is 0.444. The van der Waals surface area contributed by atoms with Gasteiger partial charge in [-0.05, 0) is 24.3 Å². The van der Waals surface area contributed by atoms with Crippen LogP contribution < -0.4 is 5.32 Å². The van der Waals surface area contributed by atoms with Crippen LogP contribution in [-0.2, 0) is 0 Å². The van der Waals surface area contributed by atoms with Gasteiger partial charge >= 0.3 is 5.97 Å². The molecule has 0 unspecified atom stereocenters. The average molecular weight is 284 g/mol. The molecule has 0 amide bonds. The lowest BCUT2D eigenvalue weighted by atomic mass is 10.3. The van der Waals surface area contributed by atoms with Crippen molar-refractivity contribution in [3.05, 3.63) is 46.1 Å². The van der Waals surface area contributed by atoms with Gasteiger partial charge in [-0.3, -0.25) is 0 Å². The van der Waals surface area contributed by atoms with Crippen LogP contribution in [0.3, 0.4) is 0 Å². The number of aromatic nitrogens is 2. The van der Waals surface area contributed by atoms with E-state index in [0.717, 1.165) is 0 Å². The second kappa shape index (κ2) is 5.20. The Balaban J connectivity index is 2.24. The predicted octanol–water partition coefficient (Wildman–Crippen LogP) is 3.23. The van der Waals surface area contributed by atoms with Crippen LogP contribution >= 0.6 is 23.2 Å². The predicted molar refractivity (Wildman–Crippen MR) is 68.7 cm³/mol. The van der Waals surface area contributed by atoms with Gasteiger partial charge in [0.1, 0.15) is 0 Å². The van der Waals surface area contributed by atoms with Crippen LogP contribution in [0, 0.1) is 0 Å². The molecule has 2 aromatic rings. The van der Waals surface area contributed by atoms with Gasteiger partial charge in [0.05, 0.1) is 15.7 Å². The number of anilines is 2. The van der Waals surface area contributed by atoms with Gasteiger partial charge in [0.2, 0.25) is 0 Å². The molecule has 7 heteroatoms. The first-order valence-electron chi connectivity index (χ1n) is 4.86. The number of carboxylic acids is 1. The van der Waals surface area contributed by atoms with Crippen LogP contribution in [0.4, 0.5) is 11.5 Å². The first-order chi connectivity index (χ1) is 8.58. The first kappa shape index (κ1) is 12.6. The third kappa shape index (κ3) is 2.69. The smallest absolute Gasteiger partial charge is 0.356 e. The second-order valence-corrected chi connectivity index (χ2v) is 4.12. The van der Waals surface area contributed by atoms with E-state index >= 15 is 0 Å². The molecule has 2 rings (SSSR count). The zero-order chi connectivity index (χ0) is 13.1. The molecule has 0 spiro atoms. The van der Waals surface area contributed by atoms with Crippen LogP contribution in [0.2, 0.25) is 10.0 Å². The summed E-state index contributed by atoms with van der Waals surface area (Å²) in [5, 5.41) is 19.6. The van der Waals surface area contributed by atoms with Gasteiger partial charge in [0.15, 0.2) is 11.5 Å². The van der Waals surface area contributed by atoms with Crippen molar-refractivity contribution in [3.63, 3.8) is 0 Å². The van der Waals surface area contributed by atoms with Crippen molar-refractivity contribution in [1.82, 2.24) is 10.2 Å². The summed E-state index contributed by atoms with van der Waals surface area (Å²) >= 11 is 11.8. The number of halogens is 2. The molecule has 0 aliphatic heterocycles. The van der Waals surface area contributed by atoms with Crippen molar-refractivity contribution >= 4 is 40.7 Å². The molecule has 0 atom stereocenters. The number of hydrogen-bond acceptors (Lipinski definition) is 4. The summed E-state index contributed by atoms with van der Waals surface area (Å²) in [4.78, 5) is 10.6. The Morgan fingerprint density at radius 3 is 2.56 bits per heavy atom. The molecule has 2 N–H and O–H groups in total. The van der Waals surface area contributed by atoms with Gasteiger partial charge in [0.25, 0.3) is 0 Å². The van der Waals surface area contributed by atoms with Crippen LogP contribution in [0.5, 0.6) is 0 Å². The Kier molecular flexibility index (Phi) is 3.64. The fraction of sp³-hybridized carbons (Fsp3) is 0. The Labute approximate surface area is 112 Å². The number of carboxylic acid groups (broad SMARTS) is 1. The van der Waals surface area contributed by atoms with E-state index in [4.69, 9.17) is 28.3 Å². The van der Waals surface area contributed by atoms with Crippen molar-refractivity contribution in [2.45, 2.75) is 0 Å². The molecule has 0 saturated heterocycles. The SMILES string of the molecule is O=C(O)c1ccc(Nc2cccc(Cl)c2Cl)nn1. The molecule has 0 saturated carbocycles. The van der Waals surface area contributed by atoms with E-state index in [1.54, 1.807) is 18.2 Å². The van der Waals surface area contributed by atoms with E-state index in [-0.39, 0.29) is 5.69 Å². The summed E-state index contributed by atoms with van der Waals surface area (Å²) in [7, 11) is 0. The molecular weight excluding hydrogens is 277 g/mol. The molecule has 1 heterocycles. The van der Waals surface area contributed by atoms with Crippen molar-refractivity contribution in [1.29, 1.82) is 0 Å². The lowest BCUT2D eigenvalue weighted by molar-refractivity contribution is 0.0689. The number of aromatic carboxylic acids is 1. The fourth-order valence-electron chi connectivity index (χ4n) is 1.25. The van der Waals surface area contributed by atoms with Crippen LogP contribution in [-0.4, -0.2) is 21.3 Å². The third-order valence-corrected chi connectivity index (χ3v) is 2.92. The topological polar surface area (TPSA) is 75.1 Å². The zero-order valence-electron chi connectivity index (χ0n) is 8.89. The standard InChI is InChI=1S/C11H7Cl2N3O2/c12-6-2-1-3-7(10(6)13)14-9-5-4-8(11(17)18)15-16-9/h1-5H,(H,14,16)(H,17,18). The maximum absolute atomic E-state index is 10.6. The molecule has 0 aliphatic carbocycles. The first-order valence-corrected chi connectivity index (χ1v) is 5.61. The highest BCUT2D eigenvalue weighted by molar-refractivity contribution is 6.43. The van der Waals surface area contributed by atoms with E-state index in [1.807, 2.05) is 0 Å². The second-order valence-electron chi connectivity index (χ2n) is 3.34. The Hall–Kier alpha value is -1.85. The monoisotopic (exact) mass is 283 g/mol. The van der Waals surface area contributed by atoms with Crippen LogP contribution in [0.25, 0.3) is 0 Å². The largest absolute Gasteiger partial charge is 0.476 e. The molecule has 1 aromatic heterocycles. The minimum Gasteiger partial charge on any atom is -0.476 e. The van der Waals surface area contributed by atoms with Crippen LogP contribution in [0.15, 0.2) is 30.3 Å². The number of rotatable bonds is 3. The summed E-state index contributed by atoms with van der Waals surface area (Å²) in [6.45, 7) is 0. The minimum absolute atomic E-state index is 0.127. The number of benzene rings is 1. The van der Waals surface area contributed by atoms with Gasteiger partial charge in [-0.25, -0.2) is 4.79 Å². The molecule has 5 nitrogen and oxygen atoms in total. The van der Waals surface area contributed by atoms with Crippen molar-refractivity contribution in [2.75, 3.05) is 5.32 Å². The molecule has 1 aromatic carbocycles. The molecule has 18 heavy (non-hydrogen) atoms. The fourth-order valence-corrected chi connectivity index (χ4v) is 1.60. The summed E-state index contributed by atoms with van der Waals surface area (Å²) in [5.74, 6) is -0.751. The lowest BCUT2D eigenvalue weighted by Gasteiger charge is -2.07. The zero-order valence-corrected chi connectivity index (χ0v) is 10.4. The Bertz CT molecular complexity index is 587. The van der Waals surface area contributed by atoms with E-state index in [2.05, 4.69) is 15.5 Å². The van der Waals surface area contributed by atoms with Gasteiger partial charge in [-0.1, -0.05) is 29.3 Å². The van der Waals surface area contributed by atoms with Crippen LogP contribution in [0.1, 0.15) is 10.5 Å². The van der Waals surface area contributed by atoms with E-state index in [1.165, 1.54) is 12.1 Å². The lowest BCUT2D eigenvalue weighted by Crippen LogP contribution is -2.03. The summed E-state index contributed by atoms with van der Waals surface area (Å²) in [6, 6.07) is 7.95. The maximum atomic E-state index is 10.6. The highest BCUT2D eigenvalue weighted by Crippen LogP contribution is 2.31. The number of carbonyl (C=O) groups is 1. The minimum atomic E-state index is -1.13. The maximum Gasteiger partial charge on any atom is 0.356 e. The molecule has 0 aliphatic rings. The van der Waals surface area contributed by atoms with Crippen molar-refractivity contribution in [3.8, 4) is 0 Å². The quantitative estimate of drug-likeness (QED) is 0.905. The van der Waals surface area contributed by atoms with E-state index in [0.29, 0.717) is 21.6 Å². The van der Waals surface area contributed by atoms with Crippen molar-refractivity contribution in [2.24, 2.45) is 0 Å². The Morgan fingerprint density at radius 1 is 1.17 bits per heavy atom. The molecular formula is C11H7Cl2N3O2. The van der Waals surface area contributed by atoms with Gasteiger partial charge < -0.3 is 10.4 Å². The number of hydrogen-bond donors (Lipinski definition) is 2.